The van der Waals surface area contributed by atoms with Crippen molar-refractivity contribution in [1.82, 2.24) is 10.2 Å². The fourth-order valence-electron chi connectivity index (χ4n) is 0.646. The van der Waals surface area contributed by atoms with E-state index in [0.29, 0.717) is 18.1 Å². The molecule has 0 aliphatic heterocycles. The number of likely N-dealkylation sites (N-methyl/N-ethyl adjacent to an activating group) is 2. The van der Waals surface area contributed by atoms with Gasteiger partial charge in [-0.15, -0.1) is 0 Å². The Morgan fingerprint density at radius 3 is 2.55 bits per heavy atom. The Bertz CT molecular complexity index is 160. The van der Waals surface area contributed by atoms with E-state index in [-0.39, 0.29) is 5.91 Å². The van der Waals surface area contributed by atoms with Gasteiger partial charge >= 0.3 is 0 Å². The van der Waals surface area contributed by atoms with Gasteiger partial charge < -0.3 is 11.1 Å². The first-order valence-electron chi connectivity index (χ1n) is 3.23. The Balaban J connectivity index is 3.60. The van der Waals surface area contributed by atoms with E-state index < -0.39 is 0 Å². The molecule has 0 radical (unpaired) electrons. The van der Waals surface area contributed by atoms with Crippen LogP contribution in [-0.2, 0) is 4.79 Å². The minimum atomic E-state index is -0.0382. The molecule has 0 aromatic heterocycles. The standard InChI is InChI=1S/C6H13N3OS/c1-8-6(10)4-9(2)3-5(7)11/h3-4H2,1-2H3,(H2,7,11)(H,8,10). The maximum absolute atomic E-state index is 10.8. The number of nitrogens with zero attached hydrogens (tertiary/aromatic N) is 1. The number of hydrogen-bond acceptors (Lipinski definition) is 3. The molecule has 5 heteroatoms. The molecule has 4 nitrogen and oxygen atoms in total. The molecule has 0 saturated heterocycles. The van der Waals surface area contributed by atoms with E-state index >= 15 is 0 Å². The Kier molecular flexibility index (Phi) is 4.72. The molecule has 0 heterocycles. The lowest BCUT2D eigenvalue weighted by molar-refractivity contribution is -0.121. The van der Waals surface area contributed by atoms with Crippen LogP contribution < -0.4 is 11.1 Å². The first-order chi connectivity index (χ1) is 5.06. The second kappa shape index (κ2) is 5.03. The predicted octanol–water partition coefficient (Wildman–Crippen LogP) is -1.05. The van der Waals surface area contributed by atoms with Crippen molar-refractivity contribution in [2.45, 2.75) is 0 Å². The molecule has 64 valence electrons. The average Bonchev–Trinajstić information content (AvgIpc) is 1.85. The molecule has 11 heavy (non-hydrogen) atoms. The molecule has 0 aromatic carbocycles. The average molecular weight is 175 g/mol. The molecular formula is C6H13N3OS. The highest BCUT2D eigenvalue weighted by Crippen LogP contribution is 1.80. The van der Waals surface area contributed by atoms with Crippen LogP contribution in [-0.4, -0.2) is 43.0 Å². The molecule has 3 N–H and O–H groups in total. The van der Waals surface area contributed by atoms with E-state index in [2.05, 4.69) is 17.5 Å². The van der Waals surface area contributed by atoms with E-state index in [4.69, 9.17) is 5.73 Å². The number of carbonyl (C=O) groups excluding carboxylic acids is 1. The summed E-state index contributed by atoms with van der Waals surface area (Å²) in [5, 5.41) is 2.50. The van der Waals surface area contributed by atoms with Gasteiger partial charge in [-0.05, 0) is 7.05 Å². The lowest BCUT2D eigenvalue weighted by Crippen LogP contribution is -2.37. The molecule has 0 fully saturated rings. The second-order valence-electron chi connectivity index (χ2n) is 2.31. The third-order valence-corrected chi connectivity index (χ3v) is 1.25. The van der Waals surface area contributed by atoms with E-state index in [1.54, 1.807) is 19.0 Å². The minimum absolute atomic E-state index is 0.0382. The van der Waals surface area contributed by atoms with Crippen LogP contribution in [0.1, 0.15) is 0 Å². The number of thiocarbonyl (C=S) groups is 1. The fraction of sp³-hybridized carbons (Fsp3) is 0.667. The first kappa shape index (κ1) is 10.3. The minimum Gasteiger partial charge on any atom is -0.392 e. The largest absolute Gasteiger partial charge is 0.392 e. The Hall–Kier alpha value is -0.680. The zero-order valence-electron chi connectivity index (χ0n) is 6.76. The topological polar surface area (TPSA) is 58.4 Å². The van der Waals surface area contributed by atoms with Gasteiger partial charge in [-0.25, -0.2) is 0 Å². The summed E-state index contributed by atoms with van der Waals surface area (Å²) in [6.45, 7) is 0.802. The van der Waals surface area contributed by atoms with Crippen LogP contribution in [0.25, 0.3) is 0 Å². The second-order valence-corrected chi connectivity index (χ2v) is 2.84. The molecule has 1 amide bonds. The fourth-order valence-corrected chi connectivity index (χ4v) is 0.867. The van der Waals surface area contributed by atoms with Gasteiger partial charge in [0.2, 0.25) is 5.91 Å². The summed E-state index contributed by atoms with van der Waals surface area (Å²) in [5.41, 5.74) is 5.27. The maximum Gasteiger partial charge on any atom is 0.233 e. The summed E-state index contributed by atoms with van der Waals surface area (Å²) in [6.07, 6.45) is 0. The smallest absolute Gasteiger partial charge is 0.233 e. The summed E-state index contributed by atoms with van der Waals surface area (Å²) < 4.78 is 0. The summed E-state index contributed by atoms with van der Waals surface area (Å²) in [4.78, 5) is 12.9. The van der Waals surface area contributed by atoms with Crippen LogP contribution in [0.15, 0.2) is 0 Å². The van der Waals surface area contributed by atoms with Gasteiger partial charge in [0.05, 0.1) is 11.5 Å². The number of amides is 1. The number of nitrogens with two attached hydrogens (primary N) is 1. The highest BCUT2D eigenvalue weighted by Gasteiger charge is 2.03. The van der Waals surface area contributed by atoms with Crippen molar-refractivity contribution in [3.8, 4) is 0 Å². The monoisotopic (exact) mass is 175 g/mol. The molecule has 0 atom stereocenters. The van der Waals surface area contributed by atoms with Gasteiger partial charge in [0.25, 0.3) is 0 Å². The van der Waals surface area contributed by atoms with Gasteiger partial charge in [0.1, 0.15) is 0 Å². The van der Waals surface area contributed by atoms with Gasteiger partial charge in [0, 0.05) is 13.6 Å². The number of nitrogens with one attached hydrogen (secondary N) is 1. The van der Waals surface area contributed by atoms with Crippen LogP contribution in [0.4, 0.5) is 0 Å². The first-order valence-corrected chi connectivity index (χ1v) is 3.64. The molecule has 0 rings (SSSR count). The van der Waals surface area contributed by atoms with E-state index in [1.165, 1.54) is 0 Å². The molecule has 0 bridgehead atoms. The van der Waals surface area contributed by atoms with E-state index in [1.807, 2.05) is 0 Å². The molecule has 0 aliphatic rings. The zero-order chi connectivity index (χ0) is 8.85. The normalized spacial score (nSPS) is 9.73. The molecular weight excluding hydrogens is 162 g/mol. The third kappa shape index (κ3) is 5.75. The van der Waals surface area contributed by atoms with Gasteiger partial charge in [-0.3, -0.25) is 9.69 Å². The SMILES string of the molecule is CNC(=O)CN(C)CC(N)=S. The summed E-state index contributed by atoms with van der Waals surface area (Å²) in [5.74, 6) is -0.0382. The van der Waals surface area contributed by atoms with Crippen molar-refractivity contribution in [3.63, 3.8) is 0 Å². The highest BCUT2D eigenvalue weighted by atomic mass is 32.1. The molecule has 0 unspecified atom stereocenters. The zero-order valence-corrected chi connectivity index (χ0v) is 7.57. The summed E-state index contributed by atoms with van der Waals surface area (Å²) >= 11 is 4.67. The van der Waals surface area contributed by atoms with Crippen LogP contribution in [0.5, 0.6) is 0 Å². The molecule has 0 spiro atoms. The lowest BCUT2D eigenvalue weighted by Gasteiger charge is -2.13. The molecule has 0 aliphatic carbocycles. The van der Waals surface area contributed by atoms with Gasteiger partial charge in [0.15, 0.2) is 0 Å². The van der Waals surface area contributed by atoms with Crippen LogP contribution >= 0.6 is 12.2 Å². The molecule has 0 saturated carbocycles. The van der Waals surface area contributed by atoms with E-state index in [9.17, 15) is 4.79 Å². The van der Waals surface area contributed by atoms with Crippen molar-refractivity contribution >= 4 is 23.1 Å². The van der Waals surface area contributed by atoms with Crippen molar-refractivity contribution < 1.29 is 4.79 Å². The number of hydrogen-bond donors (Lipinski definition) is 2. The quantitative estimate of drug-likeness (QED) is 0.535. The Morgan fingerprint density at radius 1 is 1.64 bits per heavy atom. The Labute approximate surface area is 71.7 Å². The van der Waals surface area contributed by atoms with Crippen molar-refractivity contribution in [2.24, 2.45) is 5.73 Å². The van der Waals surface area contributed by atoms with Crippen LogP contribution in [0.2, 0.25) is 0 Å². The van der Waals surface area contributed by atoms with E-state index in [0.717, 1.165) is 0 Å². The number of carbonyl (C=O) groups is 1. The summed E-state index contributed by atoms with van der Waals surface area (Å²) in [7, 11) is 3.38. The number of rotatable bonds is 4. The third-order valence-electron chi connectivity index (χ3n) is 1.12. The van der Waals surface area contributed by atoms with Crippen molar-refractivity contribution in [1.29, 1.82) is 0 Å². The van der Waals surface area contributed by atoms with Gasteiger partial charge in [-0.2, -0.15) is 0 Å². The predicted molar refractivity (Wildman–Crippen MR) is 48.3 cm³/mol. The van der Waals surface area contributed by atoms with Crippen LogP contribution in [0.3, 0.4) is 0 Å². The van der Waals surface area contributed by atoms with Crippen molar-refractivity contribution in [3.05, 3.63) is 0 Å². The molecule has 0 aromatic rings. The van der Waals surface area contributed by atoms with Crippen molar-refractivity contribution in [2.75, 3.05) is 27.2 Å². The lowest BCUT2D eigenvalue weighted by atomic mass is 10.5. The summed E-state index contributed by atoms with van der Waals surface area (Å²) in [6, 6.07) is 0. The maximum atomic E-state index is 10.8. The van der Waals surface area contributed by atoms with Crippen LogP contribution in [0, 0.1) is 0 Å². The highest BCUT2D eigenvalue weighted by molar-refractivity contribution is 7.80. The van der Waals surface area contributed by atoms with Gasteiger partial charge in [-0.1, -0.05) is 12.2 Å². The Morgan fingerprint density at radius 2 is 2.18 bits per heavy atom.